The summed E-state index contributed by atoms with van der Waals surface area (Å²) in [6.07, 6.45) is -1.31. The standard InChI is InChI=1S/C24H19ClFNO4/c25-14-9-10-19(21(26)11-14)22(12-23(28)29)27-24(30)31-13-20-17-7-3-1-5-15(17)16-6-2-4-8-18(16)20/h1-11,20,22H,12-13H2,(H,27,30)(H,28,29)/t22-/m1/s1. The van der Waals surface area contributed by atoms with Crippen LogP contribution in [0.5, 0.6) is 0 Å². The molecule has 0 saturated heterocycles. The molecule has 0 heterocycles. The van der Waals surface area contributed by atoms with Gasteiger partial charge in [-0.25, -0.2) is 9.18 Å². The second kappa shape index (κ2) is 8.78. The molecule has 158 valence electrons. The normalized spacial score (nSPS) is 13.2. The van der Waals surface area contributed by atoms with E-state index in [1.165, 1.54) is 12.1 Å². The molecule has 0 aliphatic heterocycles. The number of nitrogens with one attached hydrogen (secondary N) is 1. The second-order valence-electron chi connectivity index (χ2n) is 7.29. The van der Waals surface area contributed by atoms with Crippen LogP contribution in [-0.2, 0) is 9.53 Å². The van der Waals surface area contributed by atoms with Crippen LogP contribution in [0.15, 0.2) is 66.7 Å². The van der Waals surface area contributed by atoms with Gasteiger partial charge < -0.3 is 15.2 Å². The number of benzene rings is 3. The summed E-state index contributed by atoms with van der Waals surface area (Å²) in [7, 11) is 0. The molecule has 0 unspecified atom stereocenters. The van der Waals surface area contributed by atoms with E-state index in [1.54, 1.807) is 0 Å². The Balaban J connectivity index is 1.50. The topological polar surface area (TPSA) is 75.6 Å². The second-order valence-corrected chi connectivity index (χ2v) is 7.72. The Hall–Kier alpha value is -3.38. The fourth-order valence-corrected chi connectivity index (χ4v) is 4.14. The highest BCUT2D eigenvalue weighted by Gasteiger charge is 2.29. The molecule has 7 heteroatoms. The van der Waals surface area contributed by atoms with Crippen molar-refractivity contribution in [2.75, 3.05) is 6.61 Å². The minimum absolute atomic E-state index is 0.0281. The molecule has 0 radical (unpaired) electrons. The lowest BCUT2D eigenvalue weighted by Crippen LogP contribution is -2.32. The van der Waals surface area contributed by atoms with Gasteiger partial charge in [0.05, 0.1) is 12.5 Å². The number of rotatable bonds is 6. The Morgan fingerprint density at radius 2 is 1.65 bits per heavy atom. The van der Waals surface area contributed by atoms with Crippen molar-refractivity contribution in [2.24, 2.45) is 0 Å². The number of hydrogen-bond donors (Lipinski definition) is 2. The lowest BCUT2D eigenvalue weighted by atomic mass is 9.98. The van der Waals surface area contributed by atoms with Crippen LogP contribution in [0, 0.1) is 5.82 Å². The third-order valence-electron chi connectivity index (χ3n) is 5.35. The van der Waals surface area contributed by atoms with E-state index in [-0.39, 0.29) is 23.1 Å². The van der Waals surface area contributed by atoms with Crippen molar-refractivity contribution in [3.63, 3.8) is 0 Å². The van der Waals surface area contributed by atoms with Gasteiger partial charge in [-0.2, -0.15) is 0 Å². The van der Waals surface area contributed by atoms with Crippen molar-refractivity contribution in [3.05, 3.63) is 94.3 Å². The van der Waals surface area contributed by atoms with Gasteiger partial charge in [0.2, 0.25) is 0 Å². The summed E-state index contributed by atoms with van der Waals surface area (Å²) in [6.45, 7) is 0.0722. The van der Waals surface area contributed by atoms with E-state index in [0.29, 0.717) is 0 Å². The number of fused-ring (bicyclic) bond motifs is 3. The summed E-state index contributed by atoms with van der Waals surface area (Å²) in [5.41, 5.74) is 4.34. The number of aliphatic carboxylic acids is 1. The van der Waals surface area contributed by atoms with Gasteiger partial charge >= 0.3 is 12.1 Å². The average molecular weight is 440 g/mol. The molecule has 1 atom stereocenters. The van der Waals surface area contributed by atoms with Crippen LogP contribution in [0.1, 0.15) is 35.1 Å². The molecular weight excluding hydrogens is 421 g/mol. The van der Waals surface area contributed by atoms with E-state index < -0.39 is 30.3 Å². The molecule has 1 aliphatic carbocycles. The van der Waals surface area contributed by atoms with Crippen LogP contribution in [0.4, 0.5) is 9.18 Å². The van der Waals surface area contributed by atoms with E-state index >= 15 is 0 Å². The summed E-state index contributed by atoms with van der Waals surface area (Å²) in [6, 6.07) is 18.6. The molecule has 3 aromatic carbocycles. The van der Waals surface area contributed by atoms with E-state index in [1.807, 2.05) is 48.5 Å². The van der Waals surface area contributed by atoms with Crippen molar-refractivity contribution >= 4 is 23.7 Å². The maximum Gasteiger partial charge on any atom is 0.407 e. The minimum Gasteiger partial charge on any atom is -0.481 e. The largest absolute Gasteiger partial charge is 0.481 e. The molecule has 0 spiro atoms. The van der Waals surface area contributed by atoms with Crippen LogP contribution >= 0.6 is 11.6 Å². The maximum absolute atomic E-state index is 14.3. The van der Waals surface area contributed by atoms with Gasteiger partial charge in [0.15, 0.2) is 0 Å². The number of carbonyl (C=O) groups is 2. The monoisotopic (exact) mass is 439 g/mol. The van der Waals surface area contributed by atoms with Crippen LogP contribution < -0.4 is 5.32 Å². The van der Waals surface area contributed by atoms with Crippen molar-refractivity contribution < 1.29 is 23.8 Å². The lowest BCUT2D eigenvalue weighted by Gasteiger charge is -2.19. The molecular formula is C24H19ClFNO4. The first-order chi connectivity index (χ1) is 14.9. The summed E-state index contributed by atoms with van der Waals surface area (Å²) in [4.78, 5) is 23.7. The SMILES string of the molecule is O=C(O)C[C@@H](NC(=O)OCC1c2ccccc2-c2ccccc21)c1ccc(Cl)cc1F. The van der Waals surface area contributed by atoms with Gasteiger partial charge in [0.1, 0.15) is 12.4 Å². The smallest absolute Gasteiger partial charge is 0.407 e. The van der Waals surface area contributed by atoms with E-state index in [2.05, 4.69) is 5.32 Å². The Kier molecular flexibility index (Phi) is 5.91. The van der Waals surface area contributed by atoms with Crippen molar-refractivity contribution in [1.29, 1.82) is 0 Å². The van der Waals surface area contributed by atoms with Gasteiger partial charge in [0.25, 0.3) is 0 Å². The molecule has 0 fully saturated rings. The number of carboxylic acids is 1. The number of ether oxygens (including phenoxy) is 1. The predicted molar refractivity (Wildman–Crippen MR) is 115 cm³/mol. The quantitative estimate of drug-likeness (QED) is 0.529. The highest BCUT2D eigenvalue weighted by Crippen LogP contribution is 2.44. The van der Waals surface area contributed by atoms with Crippen LogP contribution in [0.25, 0.3) is 11.1 Å². The Morgan fingerprint density at radius 1 is 1.03 bits per heavy atom. The summed E-state index contributed by atoms with van der Waals surface area (Å²) < 4.78 is 19.7. The van der Waals surface area contributed by atoms with Crippen LogP contribution in [-0.4, -0.2) is 23.8 Å². The highest BCUT2D eigenvalue weighted by atomic mass is 35.5. The maximum atomic E-state index is 14.3. The van der Waals surface area contributed by atoms with E-state index in [9.17, 15) is 19.1 Å². The molecule has 0 bridgehead atoms. The minimum atomic E-state index is -1.18. The number of amides is 1. The molecule has 31 heavy (non-hydrogen) atoms. The highest BCUT2D eigenvalue weighted by molar-refractivity contribution is 6.30. The molecule has 1 aliphatic rings. The molecule has 5 nitrogen and oxygen atoms in total. The average Bonchev–Trinajstić information content (AvgIpc) is 3.05. The van der Waals surface area contributed by atoms with Crippen LogP contribution in [0.2, 0.25) is 5.02 Å². The number of carboxylic acid groups (broad SMARTS) is 1. The fraction of sp³-hybridized carbons (Fsp3) is 0.167. The number of alkyl carbamates (subject to hydrolysis) is 1. The molecule has 1 amide bonds. The Labute approximate surface area is 183 Å². The zero-order valence-electron chi connectivity index (χ0n) is 16.3. The van der Waals surface area contributed by atoms with Gasteiger partial charge in [-0.3, -0.25) is 4.79 Å². The zero-order chi connectivity index (χ0) is 22.0. The van der Waals surface area contributed by atoms with Crippen molar-refractivity contribution in [3.8, 4) is 11.1 Å². The summed E-state index contributed by atoms with van der Waals surface area (Å²) in [5, 5.41) is 11.8. The molecule has 0 saturated carbocycles. The number of hydrogen-bond acceptors (Lipinski definition) is 3. The zero-order valence-corrected chi connectivity index (χ0v) is 17.1. The molecule has 2 N–H and O–H groups in total. The van der Waals surface area contributed by atoms with Crippen molar-refractivity contribution in [2.45, 2.75) is 18.4 Å². The van der Waals surface area contributed by atoms with Gasteiger partial charge in [-0.05, 0) is 34.4 Å². The summed E-state index contributed by atoms with van der Waals surface area (Å²) in [5.74, 6) is -2.01. The Morgan fingerprint density at radius 3 is 2.23 bits per heavy atom. The van der Waals surface area contributed by atoms with Gasteiger partial charge in [-0.1, -0.05) is 66.2 Å². The predicted octanol–water partition coefficient (Wildman–Crippen LogP) is 5.53. The van der Waals surface area contributed by atoms with E-state index in [0.717, 1.165) is 28.3 Å². The number of carbonyl (C=O) groups excluding carboxylic acids is 1. The van der Waals surface area contributed by atoms with E-state index in [4.69, 9.17) is 16.3 Å². The first-order valence-corrected chi connectivity index (χ1v) is 10.1. The molecule has 0 aromatic heterocycles. The molecule has 3 aromatic rings. The van der Waals surface area contributed by atoms with Crippen LogP contribution in [0.3, 0.4) is 0 Å². The first-order valence-electron chi connectivity index (χ1n) is 9.72. The fourth-order valence-electron chi connectivity index (χ4n) is 3.98. The third kappa shape index (κ3) is 4.39. The molecule has 4 rings (SSSR count). The Bertz CT molecular complexity index is 1100. The first kappa shape index (κ1) is 20.9. The van der Waals surface area contributed by atoms with Gasteiger partial charge in [0, 0.05) is 16.5 Å². The number of halogens is 2. The third-order valence-corrected chi connectivity index (χ3v) is 5.59. The summed E-state index contributed by atoms with van der Waals surface area (Å²) >= 11 is 5.77. The lowest BCUT2D eigenvalue weighted by molar-refractivity contribution is -0.137. The van der Waals surface area contributed by atoms with Crippen molar-refractivity contribution in [1.82, 2.24) is 5.32 Å². The van der Waals surface area contributed by atoms with Gasteiger partial charge in [-0.15, -0.1) is 0 Å².